The van der Waals surface area contributed by atoms with Gasteiger partial charge in [0.05, 0.1) is 5.92 Å². The van der Waals surface area contributed by atoms with Crippen molar-refractivity contribution in [1.29, 1.82) is 0 Å². The summed E-state index contributed by atoms with van der Waals surface area (Å²) in [5, 5.41) is 0. The Bertz CT molecular complexity index is 580. The second kappa shape index (κ2) is 17.0. The smallest absolute Gasteiger partial charge is 0.0965 e. The lowest BCUT2D eigenvalue weighted by molar-refractivity contribution is 0.284. The van der Waals surface area contributed by atoms with Gasteiger partial charge in [-0.3, -0.25) is 0 Å². The van der Waals surface area contributed by atoms with Crippen LogP contribution in [-0.4, -0.2) is 12.4 Å². The van der Waals surface area contributed by atoms with Crippen molar-refractivity contribution in [3.8, 4) is 0 Å². The van der Waals surface area contributed by atoms with Crippen LogP contribution in [0.5, 0.6) is 0 Å². The van der Waals surface area contributed by atoms with Gasteiger partial charge in [0.15, 0.2) is 12.4 Å². The van der Waals surface area contributed by atoms with E-state index in [1.807, 2.05) is 12.4 Å². The molecule has 2 atom stereocenters. The van der Waals surface area contributed by atoms with Crippen molar-refractivity contribution < 1.29 is 0 Å². The molecule has 2 heteroatoms. The Balaban J connectivity index is 1.92. The summed E-state index contributed by atoms with van der Waals surface area (Å²) in [5.41, 5.74) is 1.47. The number of nitrogens with zero attached hydrogens (tertiary/aromatic N) is 2. The molecule has 0 fully saturated rings. The first-order chi connectivity index (χ1) is 15.3. The van der Waals surface area contributed by atoms with Gasteiger partial charge in [-0.2, -0.15) is 0 Å². The summed E-state index contributed by atoms with van der Waals surface area (Å²) in [4.78, 5) is 9.35. The number of rotatable bonds is 19. The van der Waals surface area contributed by atoms with Crippen molar-refractivity contribution in [2.75, 3.05) is 0 Å². The molecule has 1 heterocycles. The molecule has 0 saturated carbocycles. The highest BCUT2D eigenvalue weighted by Gasteiger charge is 2.35. The molecule has 1 aromatic carbocycles. The monoisotopic (exact) mass is 423 g/mol. The zero-order chi connectivity index (χ0) is 22.0. The van der Waals surface area contributed by atoms with E-state index in [1.54, 1.807) is 0 Å². The number of hydrogen-bond donors (Lipinski definition) is 0. The summed E-state index contributed by atoms with van der Waals surface area (Å²) in [6.07, 6.45) is 26.4. The molecule has 0 amide bonds. The molecule has 172 valence electrons. The number of hydrogen-bond acceptors (Lipinski definition) is 2. The first-order valence-corrected chi connectivity index (χ1v) is 13.3. The topological polar surface area (TPSA) is 24.7 Å². The minimum absolute atomic E-state index is 0.501. The van der Waals surface area contributed by atoms with E-state index in [0.717, 1.165) is 12.6 Å². The Hall–Kier alpha value is -1.57. The molecule has 1 aliphatic rings. The molecular formula is C29H47N2+. The lowest BCUT2D eigenvalue weighted by Crippen LogP contribution is -2.22. The van der Waals surface area contributed by atoms with Crippen LogP contribution in [0.15, 0.2) is 40.3 Å². The zero-order valence-corrected chi connectivity index (χ0v) is 20.4. The average molecular weight is 424 g/mol. The second-order valence-corrected chi connectivity index (χ2v) is 9.44. The van der Waals surface area contributed by atoms with E-state index in [9.17, 15) is 0 Å². The van der Waals surface area contributed by atoms with Crippen LogP contribution in [0.25, 0.3) is 0 Å². The molecule has 0 saturated heterocycles. The van der Waals surface area contributed by atoms with Crippen LogP contribution < -0.4 is 0 Å². The van der Waals surface area contributed by atoms with E-state index in [-0.39, 0.29) is 0 Å². The van der Waals surface area contributed by atoms with Crippen LogP contribution in [0.3, 0.4) is 0 Å². The van der Waals surface area contributed by atoms with Crippen molar-refractivity contribution >= 4 is 12.4 Å². The van der Waals surface area contributed by atoms with E-state index in [0.29, 0.717) is 11.8 Å². The highest BCUT2D eigenvalue weighted by Crippen LogP contribution is 2.37. The molecule has 0 spiro atoms. The summed E-state index contributed by atoms with van der Waals surface area (Å²) in [5.74, 6) is 1.15. The van der Waals surface area contributed by atoms with Gasteiger partial charge in [0.1, 0.15) is 0 Å². The molecule has 2 nitrogen and oxygen atoms in total. The first-order valence-electron chi connectivity index (χ1n) is 13.3. The number of unbranched alkanes of at least 4 members (excludes halogenated alkanes) is 11. The van der Waals surface area contributed by atoms with Gasteiger partial charge in [0, 0.05) is 0 Å². The van der Waals surface area contributed by atoms with E-state index in [4.69, 9.17) is 0 Å². The highest BCUT2D eigenvalue weighted by molar-refractivity contribution is 6.18. The van der Waals surface area contributed by atoms with Gasteiger partial charge < -0.3 is 0 Å². The molecule has 31 heavy (non-hydrogen) atoms. The maximum atomic E-state index is 4.68. The van der Waals surface area contributed by atoms with E-state index in [2.05, 4.69) is 54.2 Å². The first kappa shape index (κ1) is 25.7. The van der Waals surface area contributed by atoms with E-state index in [1.165, 1.54) is 102 Å². The maximum absolute atomic E-state index is 4.68. The van der Waals surface area contributed by atoms with Gasteiger partial charge in [-0.1, -0.05) is 138 Å². The van der Waals surface area contributed by atoms with Gasteiger partial charge in [-0.15, -0.1) is 0 Å². The lowest BCUT2D eigenvalue weighted by atomic mass is 9.78. The van der Waals surface area contributed by atoms with Crippen molar-refractivity contribution in [3.63, 3.8) is 0 Å². The molecular weight excluding hydrogens is 376 g/mol. The molecule has 0 radical (unpaired) electrons. The molecule has 0 N–H and O–H groups in total. The third kappa shape index (κ3) is 11.0. The van der Waals surface area contributed by atoms with Gasteiger partial charge >= 0.3 is 0 Å². The van der Waals surface area contributed by atoms with Crippen LogP contribution in [0.1, 0.15) is 116 Å². The molecule has 0 aromatic heterocycles. The van der Waals surface area contributed by atoms with Crippen LogP contribution in [0.4, 0.5) is 0 Å². The molecule has 0 bridgehead atoms. The predicted molar refractivity (Wildman–Crippen MR) is 138 cm³/mol. The van der Waals surface area contributed by atoms with Crippen LogP contribution in [0.2, 0.25) is 0 Å². The fraction of sp³-hybridized carbons (Fsp3) is 0.690. The van der Waals surface area contributed by atoms with E-state index >= 15 is 0 Å². The van der Waals surface area contributed by atoms with E-state index < -0.39 is 0 Å². The minimum Gasteiger partial charge on any atom is -0.0965 e. The van der Waals surface area contributed by atoms with Crippen LogP contribution in [0, 0.1) is 18.0 Å². The standard InChI is InChI=1S/C29H47N2/c1-3-5-7-9-11-13-18-22-28(29-30-23-24-31-29)27(21-17-12-10-8-6-4-2)25-26-19-15-14-16-20-26/h14-16,19-20,23-24,27-28H,3-13,17-18,21-22,25H2,1-2H3/q+1. The van der Waals surface area contributed by atoms with Crippen LogP contribution in [-0.2, 0) is 6.42 Å². The van der Waals surface area contributed by atoms with Gasteiger partial charge in [0.2, 0.25) is 6.17 Å². The Morgan fingerprint density at radius 3 is 1.74 bits per heavy atom. The normalized spacial score (nSPS) is 15.0. The quantitative estimate of drug-likeness (QED) is 0.157. The summed E-state index contributed by atoms with van der Waals surface area (Å²) in [6, 6.07) is 11.1. The molecule has 0 aliphatic carbocycles. The minimum atomic E-state index is 0.501. The number of benzene rings is 1. The molecule has 2 rings (SSSR count). The van der Waals surface area contributed by atoms with Crippen molar-refractivity contribution in [2.24, 2.45) is 21.8 Å². The van der Waals surface area contributed by atoms with Crippen molar-refractivity contribution in [3.05, 3.63) is 42.1 Å². The van der Waals surface area contributed by atoms with Gasteiger partial charge in [0.25, 0.3) is 0 Å². The van der Waals surface area contributed by atoms with Gasteiger partial charge in [-0.05, 0) is 30.7 Å². The Labute approximate surface area is 193 Å². The van der Waals surface area contributed by atoms with Crippen molar-refractivity contribution in [1.82, 2.24) is 0 Å². The molecule has 2 unspecified atom stereocenters. The second-order valence-electron chi connectivity index (χ2n) is 9.44. The number of aliphatic imine (C=N–C) groups is 2. The zero-order valence-electron chi connectivity index (χ0n) is 20.4. The van der Waals surface area contributed by atoms with Crippen LogP contribution >= 0.6 is 0 Å². The summed E-state index contributed by atoms with van der Waals surface area (Å²) in [6.45, 7) is 4.59. The Kier molecular flexibility index (Phi) is 14.1. The molecule has 1 aliphatic heterocycles. The highest BCUT2D eigenvalue weighted by atomic mass is 15.0. The summed E-state index contributed by atoms with van der Waals surface area (Å²) in [7, 11) is 0. The average Bonchev–Trinajstić information content (AvgIpc) is 3.33. The maximum Gasteiger partial charge on any atom is 0.244 e. The Morgan fingerprint density at radius 2 is 1.16 bits per heavy atom. The fourth-order valence-corrected chi connectivity index (χ4v) is 4.89. The van der Waals surface area contributed by atoms with Crippen molar-refractivity contribution in [2.45, 2.75) is 117 Å². The molecule has 1 aromatic rings. The third-order valence-electron chi connectivity index (χ3n) is 6.77. The SMILES string of the molecule is CCCCCCCCCC([C+]1N=CC=N1)C(CCCCCCCC)Cc1ccccc1. The lowest BCUT2D eigenvalue weighted by Gasteiger charge is -2.26. The van der Waals surface area contributed by atoms with Gasteiger partial charge in [-0.25, -0.2) is 0 Å². The fourth-order valence-electron chi connectivity index (χ4n) is 4.89. The third-order valence-corrected chi connectivity index (χ3v) is 6.77. The summed E-state index contributed by atoms with van der Waals surface area (Å²) >= 11 is 0. The summed E-state index contributed by atoms with van der Waals surface area (Å²) < 4.78 is 0. The largest absolute Gasteiger partial charge is 0.244 e. The Morgan fingerprint density at radius 1 is 0.645 bits per heavy atom. The predicted octanol–water partition coefficient (Wildman–Crippen LogP) is 9.00.